The minimum absolute atomic E-state index is 0. The van der Waals surface area contributed by atoms with E-state index in [2.05, 4.69) is 19.7 Å². The van der Waals surface area contributed by atoms with Gasteiger partial charge in [-0.25, -0.2) is 13.7 Å². The van der Waals surface area contributed by atoms with Crippen LogP contribution in [0.4, 0.5) is 10.1 Å². The summed E-state index contributed by atoms with van der Waals surface area (Å²) in [5.74, 6) is 0.240. The summed E-state index contributed by atoms with van der Waals surface area (Å²) >= 11 is 2.47. The third kappa shape index (κ3) is 6.49. The summed E-state index contributed by atoms with van der Waals surface area (Å²) in [5, 5.41) is 0.708. The number of nitrogens with one attached hydrogen (secondary N) is 1. The van der Waals surface area contributed by atoms with Crippen LogP contribution in [0.15, 0.2) is 59.7 Å². The van der Waals surface area contributed by atoms with Gasteiger partial charge in [-0.05, 0) is 55.6 Å². The van der Waals surface area contributed by atoms with Crippen molar-refractivity contribution in [2.24, 2.45) is 0 Å². The van der Waals surface area contributed by atoms with E-state index in [9.17, 15) is 9.18 Å². The lowest BCUT2D eigenvalue weighted by atomic mass is 10.1. The summed E-state index contributed by atoms with van der Waals surface area (Å²) in [6.45, 7) is 3.85. The summed E-state index contributed by atoms with van der Waals surface area (Å²) < 4.78 is 25.8. The molecule has 3 heterocycles. The van der Waals surface area contributed by atoms with Crippen LogP contribution < -0.4 is 14.5 Å². The smallest absolute Gasteiger partial charge is 0.332 e. The molecule has 3 aromatic heterocycles. The van der Waals surface area contributed by atoms with Crippen LogP contribution in [0.1, 0.15) is 25.5 Å². The van der Waals surface area contributed by atoms with Crippen molar-refractivity contribution in [2.45, 2.75) is 25.6 Å². The highest BCUT2D eigenvalue weighted by Gasteiger charge is 2.17. The Morgan fingerprint density at radius 1 is 1.14 bits per heavy atom. The molecule has 0 aliphatic carbocycles. The third-order valence-electron chi connectivity index (χ3n) is 4.94. The fourth-order valence-corrected chi connectivity index (χ4v) is 4.39. The van der Waals surface area contributed by atoms with Gasteiger partial charge in [-0.1, -0.05) is 18.2 Å². The van der Waals surface area contributed by atoms with Crippen LogP contribution in [-0.4, -0.2) is 37.9 Å². The third-order valence-corrected chi connectivity index (χ3v) is 6.30. The number of benzene rings is 1. The van der Waals surface area contributed by atoms with Gasteiger partial charge >= 0.3 is 6.01 Å². The summed E-state index contributed by atoms with van der Waals surface area (Å²) in [7, 11) is 3.69. The molecule has 0 radical (unpaired) electrons. The Hall–Kier alpha value is -2.80. The minimum atomic E-state index is -0.230. The number of hydrogen-bond donors (Lipinski definition) is 1. The van der Waals surface area contributed by atoms with Gasteiger partial charge in [-0.2, -0.15) is 18.5 Å². The minimum Gasteiger partial charge on any atom is -0.372 e. The van der Waals surface area contributed by atoms with Gasteiger partial charge in [-0.3, -0.25) is 14.3 Å². The van der Waals surface area contributed by atoms with Gasteiger partial charge < -0.3 is 8.91 Å². The Labute approximate surface area is 224 Å². The molecule has 0 amide bonds. The van der Waals surface area contributed by atoms with Crippen LogP contribution in [0.5, 0.6) is 6.01 Å². The van der Waals surface area contributed by atoms with Crippen LogP contribution in [0.25, 0.3) is 22.3 Å². The number of nitrogens with zero attached hydrogens (tertiary/aromatic N) is 5. The van der Waals surface area contributed by atoms with Crippen molar-refractivity contribution in [1.29, 1.82) is 0 Å². The van der Waals surface area contributed by atoms with Gasteiger partial charge in [-0.15, -0.1) is 0 Å². The van der Waals surface area contributed by atoms with E-state index < -0.39 is 0 Å². The number of hydrogen-bond acceptors (Lipinski definition) is 9. The number of aromatic nitrogens is 4. The zero-order chi connectivity index (χ0) is 24.9. The van der Waals surface area contributed by atoms with E-state index in [1.54, 1.807) is 45.5 Å². The molecule has 0 fully saturated rings. The van der Waals surface area contributed by atoms with Crippen LogP contribution in [0.3, 0.4) is 0 Å². The first-order valence-corrected chi connectivity index (χ1v) is 12.5. The first-order chi connectivity index (χ1) is 16.8. The fraction of sp³-hybridized carbons (Fsp3) is 0.250. The van der Waals surface area contributed by atoms with E-state index >= 15 is 0 Å². The van der Waals surface area contributed by atoms with Crippen molar-refractivity contribution in [3.63, 3.8) is 0 Å². The molecule has 1 aromatic carbocycles. The topological polar surface area (TPSA) is 85.2 Å². The molecule has 12 heteroatoms. The molecule has 4 rings (SSSR count). The lowest BCUT2D eigenvalue weighted by molar-refractivity contribution is 0.534. The number of rotatable bonds is 9. The SMILES string of the molecule is CC(C)n1c(=O)c(-c2ccc(NSCc3ccccc3F)cn2)cc2cnc(OSN(C)C)nc21.S. The van der Waals surface area contributed by atoms with Crippen molar-refractivity contribution in [3.05, 3.63) is 76.6 Å². The molecular formula is C24H27FN6O2S3. The molecule has 0 bridgehead atoms. The molecule has 0 saturated heterocycles. The van der Waals surface area contributed by atoms with Crippen molar-refractivity contribution >= 4 is 54.4 Å². The van der Waals surface area contributed by atoms with E-state index in [-0.39, 0.29) is 36.9 Å². The Bertz CT molecular complexity index is 1380. The van der Waals surface area contributed by atoms with Crippen molar-refractivity contribution in [3.8, 4) is 17.3 Å². The molecule has 0 aliphatic heterocycles. The zero-order valence-electron chi connectivity index (χ0n) is 20.2. The number of anilines is 1. The second-order valence-corrected chi connectivity index (χ2v) is 9.97. The Morgan fingerprint density at radius 2 is 1.92 bits per heavy atom. The number of halogens is 1. The quantitative estimate of drug-likeness (QED) is 0.218. The molecular weight excluding hydrogens is 520 g/mol. The molecule has 4 aromatic rings. The highest BCUT2D eigenvalue weighted by Crippen LogP contribution is 2.25. The Balaban J connectivity index is 0.00000361. The van der Waals surface area contributed by atoms with E-state index in [4.69, 9.17) is 4.18 Å². The zero-order valence-corrected chi connectivity index (χ0v) is 22.9. The monoisotopic (exact) mass is 546 g/mol. The highest BCUT2D eigenvalue weighted by atomic mass is 32.2. The predicted octanol–water partition coefficient (Wildman–Crippen LogP) is 5.45. The average molecular weight is 547 g/mol. The van der Waals surface area contributed by atoms with Crippen molar-refractivity contribution < 1.29 is 8.57 Å². The van der Waals surface area contributed by atoms with Gasteiger partial charge in [0.2, 0.25) is 0 Å². The van der Waals surface area contributed by atoms with Crippen molar-refractivity contribution in [2.75, 3.05) is 18.8 Å². The first kappa shape index (κ1) is 27.8. The van der Waals surface area contributed by atoms with Gasteiger partial charge in [0.1, 0.15) is 23.7 Å². The largest absolute Gasteiger partial charge is 0.372 e. The Kier molecular flexibility index (Phi) is 9.60. The maximum atomic E-state index is 13.8. The highest BCUT2D eigenvalue weighted by molar-refractivity contribution is 7.99. The predicted molar refractivity (Wildman–Crippen MR) is 151 cm³/mol. The van der Waals surface area contributed by atoms with Crippen LogP contribution in [0.2, 0.25) is 0 Å². The first-order valence-electron chi connectivity index (χ1n) is 10.9. The van der Waals surface area contributed by atoms with E-state index in [0.717, 1.165) is 17.9 Å². The molecule has 0 unspecified atom stereocenters. The Morgan fingerprint density at radius 3 is 2.58 bits per heavy atom. The van der Waals surface area contributed by atoms with Gasteiger partial charge in [0, 0.05) is 37.5 Å². The number of pyridine rings is 2. The summed E-state index contributed by atoms with van der Waals surface area (Å²) in [6, 6.07) is 12.1. The summed E-state index contributed by atoms with van der Waals surface area (Å²) in [6.07, 6.45) is 3.30. The lowest BCUT2D eigenvalue weighted by Gasteiger charge is -2.16. The molecule has 190 valence electrons. The van der Waals surface area contributed by atoms with Gasteiger partial charge in [0.15, 0.2) is 0 Å². The normalized spacial score (nSPS) is 11.1. The van der Waals surface area contributed by atoms with Gasteiger partial charge in [0.05, 0.1) is 23.1 Å². The maximum absolute atomic E-state index is 13.8. The fourth-order valence-electron chi connectivity index (χ4n) is 3.34. The maximum Gasteiger partial charge on any atom is 0.332 e. The van der Waals surface area contributed by atoms with E-state index in [1.165, 1.54) is 18.0 Å². The molecule has 36 heavy (non-hydrogen) atoms. The molecule has 0 atom stereocenters. The standard InChI is InChI=1S/C24H25FN6O2S2.H2S/c1-15(2)31-22-17(12-27-24(28-22)33-35-30(3)4)11-19(23(31)32)21-10-9-18(13-26-21)29-34-14-16-7-5-6-8-20(16)25;/h5-13,15,29H,14H2,1-4H3;1H2. The van der Waals surface area contributed by atoms with Crippen LogP contribution in [-0.2, 0) is 5.75 Å². The lowest BCUT2D eigenvalue weighted by Crippen LogP contribution is -2.25. The van der Waals surface area contributed by atoms with Crippen LogP contribution >= 0.6 is 37.7 Å². The van der Waals surface area contributed by atoms with E-state index in [0.29, 0.717) is 33.6 Å². The summed E-state index contributed by atoms with van der Waals surface area (Å²) in [5.41, 5.74) is 2.68. The number of fused-ring (bicyclic) bond motifs is 1. The second kappa shape index (κ2) is 12.4. The van der Waals surface area contributed by atoms with Crippen molar-refractivity contribution in [1.82, 2.24) is 23.8 Å². The molecule has 0 aliphatic rings. The van der Waals surface area contributed by atoms with Gasteiger partial charge in [0.25, 0.3) is 5.56 Å². The van der Waals surface area contributed by atoms with E-state index in [1.807, 2.05) is 40.1 Å². The molecule has 0 spiro atoms. The molecule has 8 nitrogen and oxygen atoms in total. The van der Waals surface area contributed by atoms with Crippen LogP contribution in [0, 0.1) is 5.82 Å². The molecule has 0 saturated carbocycles. The molecule has 1 N–H and O–H groups in total. The average Bonchev–Trinajstić information content (AvgIpc) is 2.83. The summed E-state index contributed by atoms with van der Waals surface area (Å²) in [4.78, 5) is 26.6. The second-order valence-electron chi connectivity index (χ2n) is 8.14.